The molecule has 1 aliphatic carbocycles. The minimum atomic E-state index is -2.23. The molecule has 3 fully saturated rings. The maximum absolute atomic E-state index is 14.4. The van der Waals surface area contributed by atoms with E-state index in [-0.39, 0.29) is 60.9 Å². The summed E-state index contributed by atoms with van der Waals surface area (Å²) in [5, 5.41) is 45.7. The van der Waals surface area contributed by atoms with E-state index >= 15 is 0 Å². The van der Waals surface area contributed by atoms with Crippen molar-refractivity contribution in [3.8, 4) is 0 Å². The van der Waals surface area contributed by atoms with Crippen molar-refractivity contribution < 1.29 is 63.3 Å². The third-order valence-corrected chi connectivity index (χ3v) is 14.7. The average Bonchev–Trinajstić information content (AvgIpc) is 3.28. The Labute approximate surface area is 387 Å². The van der Waals surface area contributed by atoms with Crippen molar-refractivity contribution in [2.45, 2.75) is 186 Å². The first-order valence-electron chi connectivity index (χ1n) is 24.1. The summed E-state index contributed by atoms with van der Waals surface area (Å²) >= 11 is 0. The summed E-state index contributed by atoms with van der Waals surface area (Å²) in [5.74, 6) is -6.22. The second-order valence-corrected chi connectivity index (χ2v) is 19.8. The molecule has 1 amide bonds. The molecule has 1 unspecified atom stereocenters. The van der Waals surface area contributed by atoms with Gasteiger partial charge in [0.15, 0.2) is 11.9 Å². The molecule has 4 N–H and O–H groups in total. The summed E-state index contributed by atoms with van der Waals surface area (Å²) in [4.78, 5) is 57.8. The molecule has 3 heterocycles. The SMILES string of the molecule is CO[C@H]1CC2CC[C@@H](C)[C@@](O)(O2)[C@@H](O)C(=O)N2CCCC[C@H]2C(=O)O[C@H]([C@H](C)C[C@@H]2CC[C@@H](O)[C@H](OC)C2)CC(=O)[C@H](C)/C=C(\C)[C@@H](O)[C@@H](OC)C(=O)[C@H](C)C[C@H](C)/C=C/C=CC=C1C. The number of fused-ring (bicyclic) bond motifs is 3. The normalized spacial score (nSPS) is 40.2. The van der Waals surface area contributed by atoms with Gasteiger partial charge in [0.05, 0.1) is 24.4 Å². The number of piperidine rings is 1. The summed E-state index contributed by atoms with van der Waals surface area (Å²) in [6, 6.07) is -1.08. The minimum Gasteiger partial charge on any atom is -0.460 e. The van der Waals surface area contributed by atoms with Gasteiger partial charge in [-0.2, -0.15) is 0 Å². The van der Waals surface area contributed by atoms with Crippen molar-refractivity contribution in [2.75, 3.05) is 27.9 Å². The van der Waals surface area contributed by atoms with Gasteiger partial charge in [0.1, 0.15) is 30.1 Å². The Morgan fingerprint density at radius 2 is 1.57 bits per heavy atom. The second-order valence-electron chi connectivity index (χ2n) is 19.8. The lowest BCUT2D eigenvalue weighted by Gasteiger charge is -2.46. The fourth-order valence-corrected chi connectivity index (χ4v) is 10.3. The van der Waals surface area contributed by atoms with Gasteiger partial charge in [-0.1, -0.05) is 71.1 Å². The molecule has 0 aromatic heterocycles. The van der Waals surface area contributed by atoms with E-state index in [0.717, 1.165) is 12.0 Å². The Bertz CT molecular complexity index is 1710. The van der Waals surface area contributed by atoms with Gasteiger partial charge in [-0.05, 0) is 107 Å². The van der Waals surface area contributed by atoms with Crippen LogP contribution in [0.5, 0.6) is 0 Å². The van der Waals surface area contributed by atoms with Crippen molar-refractivity contribution >= 4 is 23.4 Å². The molecule has 368 valence electrons. The van der Waals surface area contributed by atoms with Crippen molar-refractivity contribution in [3.05, 3.63) is 47.6 Å². The molecule has 65 heavy (non-hydrogen) atoms. The predicted molar refractivity (Wildman–Crippen MR) is 246 cm³/mol. The molecule has 0 spiro atoms. The molecular formula is C51H81NO13. The number of carbonyl (C=O) groups excluding carboxylic acids is 4. The summed E-state index contributed by atoms with van der Waals surface area (Å²) in [6.07, 6.45) is 9.72. The minimum absolute atomic E-state index is 0.0264. The second kappa shape index (κ2) is 25.3. The number of nitrogens with zero attached hydrogens (tertiary/aromatic N) is 1. The van der Waals surface area contributed by atoms with E-state index in [1.54, 1.807) is 41.1 Å². The van der Waals surface area contributed by atoms with Crippen LogP contribution in [0.3, 0.4) is 0 Å². The Morgan fingerprint density at radius 1 is 0.846 bits per heavy atom. The lowest BCUT2D eigenvalue weighted by Crippen LogP contribution is -2.63. The fraction of sp³-hybridized carbons (Fsp3) is 0.765. The molecule has 1 saturated carbocycles. The smallest absolute Gasteiger partial charge is 0.329 e. The van der Waals surface area contributed by atoms with Crippen LogP contribution < -0.4 is 0 Å². The first kappa shape index (κ1) is 54.5. The number of aliphatic hydroxyl groups excluding tert-OH is 3. The molecule has 4 aliphatic rings. The number of esters is 1. The van der Waals surface area contributed by atoms with E-state index in [2.05, 4.69) is 0 Å². The summed E-state index contributed by atoms with van der Waals surface area (Å²) in [5.41, 5.74) is 1.30. The van der Waals surface area contributed by atoms with Crippen molar-refractivity contribution in [1.29, 1.82) is 0 Å². The molecule has 14 heteroatoms. The van der Waals surface area contributed by atoms with Crippen LogP contribution in [-0.2, 0) is 42.9 Å². The van der Waals surface area contributed by atoms with Gasteiger partial charge in [0.2, 0.25) is 5.79 Å². The highest BCUT2D eigenvalue weighted by atomic mass is 16.6. The zero-order chi connectivity index (χ0) is 48.2. The van der Waals surface area contributed by atoms with E-state index in [4.69, 9.17) is 23.7 Å². The van der Waals surface area contributed by atoms with Gasteiger partial charge < -0.3 is 49.0 Å². The molecule has 2 saturated heterocycles. The van der Waals surface area contributed by atoms with Gasteiger partial charge in [-0.15, -0.1) is 0 Å². The van der Waals surface area contributed by atoms with Gasteiger partial charge in [0.25, 0.3) is 5.91 Å². The number of hydrogen-bond donors (Lipinski definition) is 4. The van der Waals surface area contributed by atoms with Crippen molar-refractivity contribution in [2.24, 2.45) is 35.5 Å². The number of allylic oxidation sites excluding steroid dienone is 6. The molecule has 0 aromatic carbocycles. The standard InChI is InChI=1S/C51H81NO13/c1-30-16-12-11-13-17-31(2)42(61-8)28-38-21-19-36(7)51(60,65-38)48(57)49(58)52-23-15-14-18-39(52)50(59)64-43(33(4)26-37-20-22-40(53)44(27-37)62-9)29-41(54)32(3)25-35(6)46(56)47(63-10)45(55)34(5)24-30/h11-13,16-17,25,30,32-34,36-40,42-44,46-48,53,56-57,60H,14-15,18-24,26-29H2,1-10H3/b13-11?,16-12+,31-17?,35-25+/t30-,32-,33-,34-,36-,37+,38?,39+,40-,42+,43+,44-,46-,47+,48+,51-/m1/s1. The molecule has 14 nitrogen and oxygen atoms in total. The van der Waals surface area contributed by atoms with Crippen molar-refractivity contribution in [1.82, 2.24) is 4.90 Å². The maximum Gasteiger partial charge on any atom is 0.329 e. The highest BCUT2D eigenvalue weighted by molar-refractivity contribution is 5.89. The van der Waals surface area contributed by atoms with E-state index in [9.17, 15) is 39.6 Å². The number of Topliss-reactive ketones (excluding diaryl/α,β-unsaturated/α-hetero) is 2. The molecule has 0 aromatic rings. The van der Waals surface area contributed by atoms with Crippen LogP contribution in [0.4, 0.5) is 0 Å². The molecular weight excluding hydrogens is 835 g/mol. The van der Waals surface area contributed by atoms with Crippen LogP contribution >= 0.6 is 0 Å². The van der Waals surface area contributed by atoms with Crippen LogP contribution in [0.25, 0.3) is 0 Å². The summed E-state index contributed by atoms with van der Waals surface area (Å²) < 4.78 is 29.5. The largest absolute Gasteiger partial charge is 0.460 e. The number of rotatable bonds is 6. The zero-order valence-electron chi connectivity index (χ0n) is 40.7. The van der Waals surface area contributed by atoms with Gasteiger partial charge in [-0.25, -0.2) is 4.79 Å². The van der Waals surface area contributed by atoms with E-state index in [1.807, 2.05) is 58.1 Å². The Hall–Kier alpha value is -3.08. The van der Waals surface area contributed by atoms with Gasteiger partial charge in [-0.3, -0.25) is 14.4 Å². The lowest BCUT2D eigenvalue weighted by molar-refractivity contribution is -0.317. The Morgan fingerprint density at radius 3 is 2.25 bits per heavy atom. The zero-order valence-corrected chi connectivity index (χ0v) is 40.7. The number of hydrogen-bond acceptors (Lipinski definition) is 13. The number of aliphatic hydroxyl groups is 4. The third-order valence-electron chi connectivity index (χ3n) is 14.7. The number of ether oxygens (including phenoxy) is 5. The van der Waals surface area contributed by atoms with Crippen LogP contribution in [0.2, 0.25) is 0 Å². The number of carbonyl (C=O) groups is 4. The Kier molecular flexibility index (Phi) is 21.3. The predicted octanol–water partition coefficient (Wildman–Crippen LogP) is 5.97. The van der Waals surface area contributed by atoms with E-state index < -0.39 is 78.1 Å². The monoisotopic (exact) mass is 916 g/mol. The number of cyclic esters (lactones) is 1. The third kappa shape index (κ3) is 14.5. The van der Waals surface area contributed by atoms with Crippen LogP contribution in [0, 0.1) is 35.5 Å². The highest BCUT2D eigenvalue weighted by Gasteiger charge is 2.53. The van der Waals surface area contributed by atoms with Gasteiger partial charge in [0, 0.05) is 58.5 Å². The molecule has 0 radical (unpaired) electrons. The topological polar surface area (TPSA) is 199 Å². The number of amides is 1. The quantitative estimate of drug-likeness (QED) is 0.180. The fourth-order valence-electron chi connectivity index (χ4n) is 10.3. The maximum atomic E-state index is 14.4. The highest BCUT2D eigenvalue weighted by Crippen LogP contribution is 2.39. The molecule has 16 atom stereocenters. The van der Waals surface area contributed by atoms with Crippen molar-refractivity contribution in [3.63, 3.8) is 0 Å². The molecule has 2 bridgehead atoms. The van der Waals surface area contributed by atoms with E-state index in [0.29, 0.717) is 63.4 Å². The number of methoxy groups -OCH3 is 3. The number of ketones is 2. The summed E-state index contributed by atoms with van der Waals surface area (Å²) in [6.45, 7) is 12.9. The molecule has 4 rings (SSSR count). The lowest BCUT2D eigenvalue weighted by atomic mass is 9.78. The van der Waals surface area contributed by atoms with Gasteiger partial charge >= 0.3 is 5.97 Å². The average molecular weight is 916 g/mol. The van der Waals surface area contributed by atoms with Crippen LogP contribution in [-0.4, -0.2) is 137 Å². The first-order valence-corrected chi connectivity index (χ1v) is 24.1. The Balaban J connectivity index is 1.70. The van der Waals surface area contributed by atoms with Crippen LogP contribution in [0.15, 0.2) is 47.6 Å². The molecule has 3 aliphatic heterocycles. The van der Waals surface area contributed by atoms with E-state index in [1.165, 1.54) is 12.0 Å². The summed E-state index contributed by atoms with van der Waals surface area (Å²) in [7, 11) is 4.55. The first-order chi connectivity index (χ1) is 30.7. The van der Waals surface area contributed by atoms with Crippen LogP contribution in [0.1, 0.15) is 126 Å².